The average Bonchev–Trinajstić information content (AvgIpc) is 3.27. The highest BCUT2D eigenvalue weighted by Crippen LogP contribution is 2.30. The van der Waals surface area contributed by atoms with Crippen LogP contribution in [0.4, 0.5) is 0 Å². The molecule has 1 aromatic heterocycles. The molecular weight excluding hydrogens is 504 g/mol. The summed E-state index contributed by atoms with van der Waals surface area (Å²) in [6, 6.07) is 4.74. The van der Waals surface area contributed by atoms with Crippen LogP contribution in [0.2, 0.25) is 0 Å². The topological polar surface area (TPSA) is 177 Å². The second-order valence-corrected chi connectivity index (χ2v) is 10.6. The molecule has 3 atom stereocenters. The van der Waals surface area contributed by atoms with Crippen molar-refractivity contribution in [3.63, 3.8) is 0 Å². The van der Waals surface area contributed by atoms with Gasteiger partial charge in [0.1, 0.15) is 18.9 Å². The molecule has 1 aromatic carbocycles. The maximum Gasteiger partial charge on any atom is 0.338 e. The number of aryl methyl sites for hydroxylation is 1. The van der Waals surface area contributed by atoms with E-state index in [9.17, 15) is 22.8 Å². The molecule has 0 saturated carbocycles. The van der Waals surface area contributed by atoms with Gasteiger partial charge in [-0.05, 0) is 49.6 Å². The monoisotopic (exact) mass is 534 g/mol. The number of hydrogen-bond acceptors (Lipinski definition) is 8. The van der Waals surface area contributed by atoms with Crippen molar-refractivity contribution < 1.29 is 22.7 Å². The van der Waals surface area contributed by atoms with Crippen LogP contribution >= 0.6 is 0 Å². The smallest absolute Gasteiger partial charge is 0.338 e. The van der Waals surface area contributed by atoms with Crippen molar-refractivity contribution in [3.8, 4) is 0 Å². The molecule has 13 nitrogen and oxygen atoms in total. The molecule has 200 valence electrons. The van der Waals surface area contributed by atoms with Crippen LogP contribution in [0, 0.1) is 6.92 Å². The van der Waals surface area contributed by atoms with Gasteiger partial charge in [0.05, 0.1) is 16.5 Å². The molecule has 1 saturated heterocycles. The maximum absolute atomic E-state index is 12.9. The molecule has 3 rings (SSSR count). The number of ether oxygens (including phenoxy) is 2. The number of esters is 1. The van der Waals surface area contributed by atoms with Crippen LogP contribution in [0.25, 0.3) is 10.4 Å². The molecule has 3 unspecified atom stereocenters. The number of nitrogens with zero attached hydrogens (tertiary/aromatic N) is 5. The zero-order chi connectivity index (χ0) is 27.2. The third-order valence-corrected chi connectivity index (χ3v) is 7.83. The van der Waals surface area contributed by atoms with Crippen molar-refractivity contribution in [3.05, 3.63) is 72.9 Å². The number of nitrogens with one attached hydrogen (secondary N) is 1. The molecule has 2 heterocycles. The lowest BCUT2D eigenvalue weighted by molar-refractivity contribution is -0.0363. The fourth-order valence-electron chi connectivity index (χ4n) is 4.03. The van der Waals surface area contributed by atoms with Gasteiger partial charge in [0.15, 0.2) is 0 Å². The number of sulfonamides is 1. The van der Waals surface area contributed by atoms with E-state index in [1.165, 1.54) is 46.3 Å². The van der Waals surface area contributed by atoms with Crippen LogP contribution in [0.5, 0.6) is 0 Å². The van der Waals surface area contributed by atoms with Gasteiger partial charge in [0.25, 0.3) is 5.56 Å². The molecule has 1 aliphatic rings. The number of azide groups is 1. The minimum Gasteiger partial charge on any atom is -0.459 e. The van der Waals surface area contributed by atoms with Crippen molar-refractivity contribution in [2.45, 2.75) is 63.3 Å². The number of carbonyl (C=O) groups excluding carboxylic acids is 1. The van der Waals surface area contributed by atoms with E-state index >= 15 is 0 Å². The summed E-state index contributed by atoms with van der Waals surface area (Å²) in [7, 11) is -3.68. The first-order valence-corrected chi connectivity index (χ1v) is 13.3. The Labute approximate surface area is 213 Å². The van der Waals surface area contributed by atoms with Gasteiger partial charge in [-0.2, -0.15) is 4.31 Å². The lowest BCUT2D eigenvalue weighted by Gasteiger charge is -2.21. The van der Waals surface area contributed by atoms with Gasteiger partial charge in [0.2, 0.25) is 10.0 Å². The largest absolute Gasteiger partial charge is 0.459 e. The van der Waals surface area contributed by atoms with Gasteiger partial charge in [-0.25, -0.2) is 18.0 Å². The molecule has 1 aliphatic heterocycles. The van der Waals surface area contributed by atoms with Gasteiger partial charge in [-0.15, -0.1) is 0 Å². The Morgan fingerprint density at radius 3 is 2.49 bits per heavy atom. The first-order chi connectivity index (χ1) is 17.6. The van der Waals surface area contributed by atoms with Crippen molar-refractivity contribution in [1.29, 1.82) is 0 Å². The van der Waals surface area contributed by atoms with Gasteiger partial charge in [-0.3, -0.25) is 14.3 Å². The second kappa shape index (κ2) is 12.2. The molecule has 2 aromatic rings. The average molecular weight is 535 g/mol. The van der Waals surface area contributed by atoms with Gasteiger partial charge in [-0.1, -0.05) is 19.0 Å². The number of carbonyl (C=O) groups is 1. The van der Waals surface area contributed by atoms with E-state index in [4.69, 9.17) is 15.0 Å². The SMILES string of the molecule is CCCN(CCC)S(=O)(=O)c1ccc(C(=O)OCC2OC(n3cc(C)c(=O)[nH]c3=O)CC2N=[N+]=[N-])cc1. The van der Waals surface area contributed by atoms with Crippen molar-refractivity contribution in [2.24, 2.45) is 5.11 Å². The molecule has 0 aliphatic carbocycles. The third-order valence-electron chi connectivity index (χ3n) is 5.91. The summed E-state index contributed by atoms with van der Waals surface area (Å²) < 4.78 is 39.6. The zero-order valence-corrected chi connectivity index (χ0v) is 21.7. The van der Waals surface area contributed by atoms with Crippen LogP contribution < -0.4 is 11.2 Å². The van der Waals surface area contributed by atoms with Crippen LogP contribution in [0.1, 0.15) is 55.3 Å². The summed E-state index contributed by atoms with van der Waals surface area (Å²) in [6.45, 7) is 5.88. The number of aromatic amines is 1. The van der Waals surface area contributed by atoms with Gasteiger partial charge in [0, 0.05) is 36.2 Å². The van der Waals surface area contributed by atoms with Crippen molar-refractivity contribution >= 4 is 16.0 Å². The summed E-state index contributed by atoms with van der Waals surface area (Å²) in [4.78, 5) is 41.6. The Balaban J connectivity index is 1.70. The van der Waals surface area contributed by atoms with Crippen LogP contribution in [-0.2, 0) is 19.5 Å². The maximum atomic E-state index is 12.9. The Hall–Kier alpha value is -3.45. The summed E-state index contributed by atoms with van der Waals surface area (Å²) in [5.74, 6) is -0.716. The molecule has 0 spiro atoms. The standard InChI is InChI=1S/C23H30N6O7S/c1-4-10-28(11-5-2)37(33,34)17-8-6-16(7-9-17)22(31)35-14-19-18(26-27-24)12-20(36-19)29-13-15(3)21(30)25-23(29)32/h6-9,13,18-20H,4-5,10-12,14H2,1-3H3,(H,25,30,32). The molecule has 0 bridgehead atoms. The number of hydrogen-bond donors (Lipinski definition) is 1. The van der Waals surface area contributed by atoms with Crippen molar-refractivity contribution in [1.82, 2.24) is 13.9 Å². The molecule has 0 amide bonds. The Morgan fingerprint density at radius 1 is 1.24 bits per heavy atom. The fourth-order valence-corrected chi connectivity index (χ4v) is 5.65. The summed E-state index contributed by atoms with van der Waals surface area (Å²) >= 11 is 0. The predicted molar refractivity (Wildman–Crippen MR) is 134 cm³/mol. The lowest BCUT2D eigenvalue weighted by Crippen LogP contribution is -2.33. The van der Waals surface area contributed by atoms with Crippen molar-refractivity contribution in [2.75, 3.05) is 19.7 Å². The van der Waals surface area contributed by atoms with Gasteiger partial charge >= 0.3 is 11.7 Å². The Kier molecular flexibility index (Phi) is 9.27. The van der Waals surface area contributed by atoms with Crippen LogP contribution in [-0.4, -0.2) is 60.1 Å². The lowest BCUT2D eigenvalue weighted by atomic mass is 10.1. The van der Waals surface area contributed by atoms with Crippen LogP contribution in [0.15, 0.2) is 50.1 Å². The van der Waals surface area contributed by atoms with E-state index in [0.29, 0.717) is 31.5 Å². The quantitative estimate of drug-likeness (QED) is 0.199. The predicted octanol–water partition coefficient (Wildman–Crippen LogP) is 2.48. The second-order valence-electron chi connectivity index (χ2n) is 8.64. The Bertz CT molecular complexity index is 1370. The molecule has 14 heteroatoms. The highest BCUT2D eigenvalue weighted by atomic mass is 32.2. The third kappa shape index (κ3) is 6.46. The van der Waals surface area contributed by atoms with E-state index < -0.39 is 45.6 Å². The number of H-pyrrole nitrogens is 1. The minimum atomic E-state index is -3.68. The highest BCUT2D eigenvalue weighted by Gasteiger charge is 2.37. The van der Waals surface area contributed by atoms with E-state index in [1.807, 2.05) is 13.8 Å². The number of benzene rings is 1. The first kappa shape index (κ1) is 28.1. The highest BCUT2D eigenvalue weighted by molar-refractivity contribution is 7.89. The molecule has 1 fully saturated rings. The van der Waals surface area contributed by atoms with E-state index in [0.717, 1.165) is 0 Å². The molecule has 1 N–H and O–H groups in total. The Morgan fingerprint density at radius 2 is 1.89 bits per heavy atom. The zero-order valence-electron chi connectivity index (χ0n) is 20.9. The van der Waals surface area contributed by atoms with Gasteiger partial charge < -0.3 is 9.47 Å². The number of rotatable bonds is 11. The summed E-state index contributed by atoms with van der Waals surface area (Å²) in [6.07, 6.45) is 1.19. The van der Waals surface area contributed by atoms with Crippen LogP contribution in [0.3, 0.4) is 0 Å². The minimum absolute atomic E-state index is 0.0815. The molecular formula is C23H30N6O7S. The summed E-state index contributed by atoms with van der Waals surface area (Å²) in [5.41, 5.74) is 8.16. The fraction of sp³-hybridized carbons (Fsp3) is 0.522. The molecule has 37 heavy (non-hydrogen) atoms. The normalized spacial score (nSPS) is 19.5. The van der Waals surface area contributed by atoms with E-state index in [1.54, 1.807) is 0 Å². The first-order valence-electron chi connectivity index (χ1n) is 11.9. The molecule has 0 radical (unpaired) electrons. The summed E-state index contributed by atoms with van der Waals surface area (Å²) in [5, 5.41) is 3.69. The van der Waals surface area contributed by atoms with E-state index in [-0.39, 0.29) is 23.5 Å². The number of aromatic nitrogens is 2. The van der Waals surface area contributed by atoms with E-state index in [2.05, 4.69) is 15.0 Å².